The molecule has 1 aromatic rings. The molecule has 3 N–H and O–H groups in total. The average Bonchev–Trinajstić information content (AvgIpc) is 2.04. The molecule has 0 aliphatic heterocycles. The molecule has 0 bridgehead atoms. The van der Waals surface area contributed by atoms with E-state index in [1.54, 1.807) is 0 Å². The third-order valence-corrected chi connectivity index (χ3v) is 1.78. The van der Waals surface area contributed by atoms with Crippen LogP contribution in [0.15, 0.2) is 18.2 Å². The van der Waals surface area contributed by atoms with Crippen LogP contribution in [0.2, 0.25) is 0 Å². The van der Waals surface area contributed by atoms with Gasteiger partial charge in [0.15, 0.2) is 0 Å². The van der Waals surface area contributed by atoms with Gasteiger partial charge in [0, 0.05) is 5.46 Å². The molecule has 5 heteroatoms. The van der Waals surface area contributed by atoms with E-state index in [9.17, 15) is 4.39 Å². The fourth-order valence-corrected chi connectivity index (χ4v) is 1.02. The van der Waals surface area contributed by atoms with Crippen LogP contribution < -0.4 is 5.46 Å². The third-order valence-electron chi connectivity index (χ3n) is 1.78. The van der Waals surface area contributed by atoms with Crippen molar-refractivity contribution in [3.63, 3.8) is 0 Å². The minimum absolute atomic E-state index is 0.224. The molecule has 0 heterocycles. The van der Waals surface area contributed by atoms with Gasteiger partial charge in [0.1, 0.15) is 5.82 Å². The van der Waals surface area contributed by atoms with Crippen LogP contribution >= 0.6 is 0 Å². The van der Waals surface area contributed by atoms with Gasteiger partial charge in [-0.25, -0.2) is 4.39 Å². The summed E-state index contributed by atoms with van der Waals surface area (Å²) >= 11 is 0. The van der Waals surface area contributed by atoms with Crippen molar-refractivity contribution < 1.29 is 19.5 Å². The molecule has 70 valence electrons. The molecule has 1 unspecified atom stereocenters. The van der Waals surface area contributed by atoms with Crippen molar-refractivity contribution in [2.24, 2.45) is 0 Å². The predicted molar refractivity (Wildman–Crippen MR) is 46.9 cm³/mol. The molecule has 0 aromatic heterocycles. The topological polar surface area (TPSA) is 60.7 Å². The second-order valence-corrected chi connectivity index (χ2v) is 2.83. The van der Waals surface area contributed by atoms with Crippen molar-refractivity contribution in [1.82, 2.24) is 0 Å². The first-order valence-electron chi connectivity index (χ1n) is 3.86. The van der Waals surface area contributed by atoms with Crippen molar-refractivity contribution in [2.45, 2.75) is 13.0 Å². The number of hydrogen-bond donors (Lipinski definition) is 3. The van der Waals surface area contributed by atoms with Crippen LogP contribution in [0, 0.1) is 5.82 Å². The van der Waals surface area contributed by atoms with Crippen LogP contribution in [0.3, 0.4) is 0 Å². The second kappa shape index (κ2) is 3.87. The van der Waals surface area contributed by atoms with E-state index in [1.807, 2.05) is 0 Å². The first-order valence-corrected chi connectivity index (χ1v) is 3.86. The molecule has 3 nitrogen and oxygen atoms in total. The molecular weight excluding hydrogens is 174 g/mol. The lowest BCUT2D eigenvalue weighted by atomic mass is 9.79. The Balaban J connectivity index is 3.11. The maximum atomic E-state index is 12.9. The van der Waals surface area contributed by atoms with Gasteiger partial charge >= 0.3 is 7.12 Å². The summed E-state index contributed by atoms with van der Waals surface area (Å²) in [6.07, 6.45) is -0.752. The zero-order valence-corrected chi connectivity index (χ0v) is 7.11. The molecule has 0 aliphatic carbocycles. The molecule has 0 saturated carbocycles. The molecule has 0 spiro atoms. The van der Waals surface area contributed by atoms with Crippen molar-refractivity contribution in [3.05, 3.63) is 29.6 Å². The standard InChI is InChI=1S/C8H10BFO3/c1-5(11)6-2-3-8(10)7(4-6)9(12)13/h2-5,11-13H,1H3. The summed E-state index contributed by atoms with van der Waals surface area (Å²) in [6.45, 7) is 1.51. The van der Waals surface area contributed by atoms with Gasteiger partial charge in [-0.05, 0) is 18.6 Å². The largest absolute Gasteiger partial charge is 0.491 e. The van der Waals surface area contributed by atoms with Crippen LogP contribution in [0.5, 0.6) is 0 Å². The summed E-state index contributed by atoms with van der Waals surface area (Å²) in [6, 6.07) is 3.72. The molecule has 0 fully saturated rings. The van der Waals surface area contributed by atoms with Gasteiger partial charge in [-0.15, -0.1) is 0 Å². The number of hydrogen-bond acceptors (Lipinski definition) is 3. The number of aliphatic hydroxyl groups is 1. The van der Waals surface area contributed by atoms with E-state index in [0.717, 1.165) is 6.07 Å². The van der Waals surface area contributed by atoms with Crippen molar-refractivity contribution >= 4 is 12.6 Å². The van der Waals surface area contributed by atoms with Crippen LogP contribution in [0.1, 0.15) is 18.6 Å². The van der Waals surface area contributed by atoms with Crippen molar-refractivity contribution in [3.8, 4) is 0 Å². The van der Waals surface area contributed by atoms with Crippen molar-refractivity contribution in [2.75, 3.05) is 0 Å². The average molecular weight is 184 g/mol. The molecule has 0 saturated heterocycles. The van der Waals surface area contributed by atoms with Crippen LogP contribution in [-0.2, 0) is 0 Å². The third kappa shape index (κ3) is 2.27. The fraction of sp³-hybridized carbons (Fsp3) is 0.250. The summed E-state index contributed by atoms with van der Waals surface area (Å²) in [7, 11) is -1.85. The molecule has 13 heavy (non-hydrogen) atoms. The van der Waals surface area contributed by atoms with Gasteiger partial charge in [-0.2, -0.15) is 0 Å². The minimum atomic E-state index is -1.85. The van der Waals surface area contributed by atoms with Crippen LogP contribution in [0.4, 0.5) is 4.39 Å². The molecule has 0 aliphatic rings. The normalized spacial score (nSPS) is 12.7. The SMILES string of the molecule is CC(O)c1ccc(F)c(B(O)O)c1. The molecular formula is C8H10BFO3. The highest BCUT2D eigenvalue weighted by atomic mass is 19.1. The van der Waals surface area contributed by atoms with E-state index in [0.29, 0.717) is 5.56 Å². The summed E-state index contributed by atoms with van der Waals surface area (Å²) < 4.78 is 12.9. The Hall–Kier alpha value is -0.905. The Morgan fingerprint density at radius 2 is 2.00 bits per heavy atom. The van der Waals surface area contributed by atoms with E-state index < -0.39 is 19.0 Å². The zero-order valence-electron chi connectivity index (χ0n) is 7.11. The van der Waals surface area contributed by atoms with E-state index in [1.165, 1.54) is 19.1 Å². The van der Waals surface area contributed by atoms with Gasteiger partial charge in [0.25, 0.3) is 0 Å². The first kappa shape index (κ1) is 10.2. The highest BCUT2D eigenvalue weighted by Crippen LogP contribution is 2.10. The fourth-order valence-electron chi connectivity index (χ4n) is 1.02. The summed E-state index contributed by atoms with van der Waals surface area (Å²) in [4.78, 5) is 0. The molecule has 0 radical (unpaired) electrons. The lowest BCUT2D eigenvalue weighted by Crippen LogP contribution is -2.33. The Labute approximate surface area is 75.6 Å². The number of benzene rings is 1. The highest BCUT2D eigenvalue weighted by molar-refractivity contribution is 6.58. The van der Waals surface area contributed by atoms with Gasteiger partial charge in [0.05, 0.1) is 6.10 Å². The van der Waals surface area contributed by atoms with E-state index in [-0.39, 0.29) is 5.46 Å². The lowest BCUT2D eigenvalue weighted by Gasteiger charge is -2.07. The maximum absolute atomic E-state index is 12.9. The lowest BCUT2D eigenvalue weighted by molar-refractivity contribution is 0.199. The maximum Gasteiger partial charge on any atom is 0.491 e. The smallest absolute Gasteiger partial charge is 0.423 e. The van der Waals surface area contributed by atoms with Gasteiger partial charge in [-0.1, -0.05) is 12.1 Å². The van der Waals surface area contributed by atoms with Gasteiger partial charge < -0.3 is 15.2 Å². The summed E-state index contributed by atoms with van der Waals surface area (Å²) in [5.41, 5.74) is 0.225. The second-order valence-electron chi connectivity index (χ2n) is 2.83. The quantitative estimate of drug-likeness (QED) is 0.546. The van der Waals surface area contributed by atoms with Gasteiger partial charge in [0.2, 0.25) is 0 Å². The van der Waals surface area contributed by atoms with E-state index in [4.69, 9.17) is 15.2 Å². The summed E-state index contributed by atoms with van der Waals surface area (Å²) in [5, 5.41) is 26.6. The molecule has 1 atom stereocenters. The summed E-state index contributed by atoms with van der Waals surface area (Å²) in [5.74, 6) is -0.695. The van der Waals surface area contributed by atoms with Crippen LogP contribution in [0.25, 0.3) is 0 Å². The highest BCUT2D eigenvalue weighted by Gasteiger charge is 2.17. The number of rotatable bonds is 2. The number of aliphatic hydroxyl groups excluding tert-OH is 1. The minimum Gasteiger partial charge on any atom is -0.423 e. The van der Waals surface area contributed by atoms with Gasteiger partial charge in [-0.3, -0.25) is 0 Å². The Morgan fingerprint density at radius 3 is 2.46 bits per heavy atom. The number of halogens is 1. The predicted octanol–water partition coefficient (Wildman–Crippen LogP) is -0.441. The first-order chi connectivity index (χ1) is 6.02. The molecule has 1 rings (SSSR count). The Morgan fingerprint density at radius 1 is 1.38 bits per heavy atom. The Bertz CT molecular complexity index is 301. The van der Waals surface area contributed by atoms with Crippen LogP contribution in [-0.4, -0.2) is 22.3 Å². The zero-order chi connectivity index (χ0) is 10.0. The van der Waals surface area contributed by atoms with E-state index >= 15 is 0 Å². The molecule has 1 aromatic carbocycles. The Kier molecular flexibility index (Phi) is 3.03. The molecule has 0 amide bonds. The monoisotopic (exact) mass is 184 g/mol. The van der Waals surface area contributed by atoms with E-state index in [2.05, 4.69) is 0 Å². The van der Waals surface area contributed by atoms with Crippen molar-refractivity contribution in [1.29, 1.82) is 0 Å².